The Bertz CT molecular complexity index is 305. The summed E-state index contributed by atoms with van der Waals surface area (Å²) in [5.74, 6) is 5.67. The van der Waals surface area contributed by atoms with Gasteiger partial charge in [-0.15, -0.1) is 11.8 Å². The fraction of sp³-hybridized carbons (Fsp3) is 0.385. The fourth-order valence-corrected chi connectivity index (χ4v) is 1.30. The van der Waals surface area contributed by atoms with Gasteiger partial charge >= 0.3 is 0 Å². The van der Waals surface area contributed by atoms with Gasteiger partial charge in [-0.25, -0.2) is 0 Å². The van der Waals surface area contributed by atoms with Crippen LogP contribution in [0.2, 0.25) is 0 Å². The number of hydrogen-bond acceptors (Lipinski definition) is 1. The number of aryl methyl sites for hydroxylation is 1. The van der Waals surface area contributed by atoms with E-state index < -0.39 is 0 Å². The maximum absolute atomic E-state index is 9.54. The number of rotatable bonds is 4. The van der Waals surface area contributed by atoms with Crippen LogP contribution in [0.15, 0.2) is 30.3 Å². The summed E-state index contributed by atoms with van der Waals surface area (Å²) in [6.07, 6.45) is 2.01. The standard InChI is InChI=1S/C13H16O/c1-2-3-9-13(14)11-10-12-7-5-4-6-8-12/h4-8,13-14H,9-11H2,1H3. The third-order valence-corrected chi connectivity index (χ3v) is 2.12. The molecule has 0 saturated heterocycles. The Morgan fingerprint density at radius 2 is 2.00 bits per heavy atom. The quantitative estimate of drug-likeness (QED) is 0.719. The molecule has 1 N–H and O–H groups in total. The van der Waals surface area contributed by atoms with Gasteiger partial charge < -0.3 is 5.11 Å². The molecule has 0 radical (unpaired) electrons. The van der Waals surface area contributed by atoms with Crippen LogP contribution in [0.25, 0.3) is 0 Å². The molecule has 74 valence electrons. The van der Waals surface area contributed by atoms with Crippen LogP contribution in [0.5, 0.6) is 0 Å². The summed E-state index contributed by atoms with van der Waals surface area (Å²) < 4.78 is 0. The lowest BCUT2D eigenvalue weighted by molar-refractivity contribution is 0.170. The van der Waals surface area contributed by atoms with E-state index >= 15 is 0 Å². The van der Waals surface area contributed by atoms with Gasteiger partial charge in [-0.3, -0.25) is 0 Å². The second kappa shape index (κ2) is 6.23. The smallest absolute Gasteiger partial charge is 0.0652 e. The van der Waals surface area contributed by atoms with Crippen LogP contribution in [-0.2, 0) is 6.42 Å². The first-order valence-electron chi connectivity index (χ1n) is 4.94. The SMILES string of the molecule is CC#CCC(O)CCc1ccccc1. The topological polar surface area (TPSA) is 20.2 Å². The molecule has 0 saturated carbocycles. The molecular formula is C13H16O. The van der Waals surface area contributed by atoms with Gasteiger partial charge in [-0.2, -0.15) is 0 Å². The van der Waals surface area contributed by atoms with E-state index in [0.29, 0.717) is 6.42 Å². The molecule has 1 unspecified atom stereocenters. The lowest BCUT2D eigenvalue weighted by atomic mass is 10.1. The summed E-state index contributed by atoms with van der Waals surface area (Å²) in [4.78, 5) is 0. The van der Waals surface area contributed by atoms with Crippen molar-refractivity contribution in [2.45, 2.75) is 32.3 Å². The number of benzene rings is 1. The predicted molar refractivity (Wildman–Crippen MR) is 58.8 cm³/mol. The lowest BCUT2D eigenvalue weighted by Gasteiger charge is -2.06. The van der Waals surface area contributed by atoms with Gasteiger partial charge in [0.25, 0.3) is 0 Å². The molecular weight excluding hydrogens is 172 g/mol. The van der Waals surface area contributed by atoms with Gasteiger partial charge in [0.15, 0.2) is 0 Å². The summed E-state index contributed by atoms with van der Waals surface area (Å²) in [5, 5.41) is 9.54. The molecule has 0 spiro atoms. The van der Waals surface area contributed by atoms with E-state index in [1.54, 1.807) is 6.92 Å². The summed E-state index contributed by atoms with van der Waals surface area (Å²) >= 11 is 0. The van der Waals surface area contributed by atoms with E-state index in [1.807, 2.05) is 18.2 Å². The van der Waals surface area contributed by atoms with Crippen molar-refractivity contribution >= 4 is 0 Å². The summed E-state index contributed by atoms with van der Waals surface area (Å²) in [6, 6.07) is 10.2. The van der Waals surface area contributed by atoms with Gasteiger partial charge in [0.1, 0.15) is 0 Å². The van der Waals surface area contributed by atoms with Gasteiger partial charge in [0, 0.05) is 6.42 Å². The minimum absolute atomic E-state index is 0.289. The van der Waals surface area contributed by atoms with Crippen molar-refractivity contribution in [2.75, 3.05) is 0 Å². The predicted octanol–water partition coefficient (Wildman–Crippen LogP) is 2.39. The van der Waals surface area contributed by atoms with Gasteiger partial charge in [-0.1, -0.05) is 30.3 Å². The molecule has 1 rings (SSSR count). The highest BCUT2D eigenvalue weighted by Gasteiger charge is 2.01. The minimum atomic E-state index is -0.289. The van der Waals surface area contributed by atoms with Crippen LogP contribution in [0.1, 0.15) is 25.3 Å². The molecule has 1 nitrogen and oxygen atoms in total. The molecule has 1 aromatic rings. The van der Waals surface area contributed by atoms with Crippen LogP contribution in [-0.4, -0.2) is 11.2 Å². The Morgan fingerprint density at radius 1 is 1.29 bits per heavy atom. The van der Waals surface area contributed by atoms with Crippen molar-refractivity contribution in [1.29, 1.82) is 0 Å². The molecule has 1 aromatic carbocycles. The average Bonchev–Trinajstić information content (AvgIpc) is 2.25. The Hall–Kier alpha value is -1.26. The fourth-order valence-electron chi connectivity index (χ4n) is 1.30. The maximum atomic E-state index is 9.54. The molecule has 0 aromatic heterocycles. The van der Waals surface area contributed by atoms with Crippen molar-refractivity contribution in [3.05, 3.63) is 35.9 Å². The van der Waals surface area contributed by atoms with Crippen molar-refractivity contribution < 1.29 is 5.11 Å². The van der Waals surface area contributed by atoms with Gasteiger partial charge in [-0.05, 0) is 25.3 Å². The Kier molecular flexibility index (Phi) is 4.82. The van der Waals surface area contributed by atoms with Crippen LogP contribution >= 0.6 is 0 Å². The van der Waals surface area contributed by atoms with Crippen LogP contribution in [0, 0.1) is 11.8 Å². The summed E-state index contributed by atoms with van der Waals surface area (Å²) in [5.41, 5.74) is 1.27. The van der Waals surface area contributed by atoms with Crippen LogP contribution < -0.4 is 0 Å². The Labute approximate surface area is 85.8 Å². The Balaban J connectivity index is 2.29. The maximum Gasteiger partial charge on any atom is 0.0652 e. The number of hydrogen-bond donors (Lipinski definition) is 1. The number of aliphatic hydroxyl groups excluding tert-OH is 1. The minimum Gasteiger partial charge on any atom is -0.392 e. The van der Waals surface area contributed by atoms with Crippen molar-refractivity contribution in [3.8, 4) is 11.8 Å². The summed E-state index contributed by atoms with van der Waals surface area (Å²) in [7, 11) is 0. The van der Waals surface area contributed by atoms with E-state index in [1.165, 1.54) is 5.56 Å². The Morgan fingerprint density at radius 3 is 2.64 bits per heavy atom. The van der Waals surface area contributed by atoms with Crippen LogP contribution in [0.3, 0.4) is 0 Å². The van der Waals surface area contributed by atoms with Gasteiger partial charge in [0.2, 0.25) is 0 Å². The molecule has 0 heterocycles. The third kappa shape index (κ3) is 4.11. The normalized spacial score (nSPS) is 11.6. The van der Waals surface area contributed by atoms with Crippen molar-refractivity contribution in [1.82, 2.24) is 0 Å². The summed E-state index contributed by atoms with van der Waals surface area (Å²) in [6.45, 7) is 1.80. The average molecular weight is 188 g/mol. The third-order valence-electron chi connectivity index (χ3n) is 2.12. The molecule has 0 aliphatic rings. The molecule has 1 heteroatoms. The molecule has 1 atom stereocenters. The van der Waals surface area contributed by atoms with E-state index in [4.69, 9.17) is 0 Å². The van der Waals surface area contributed by atoms with E-state index in [9.17, 15) is 5.11 Å². The monoisotopic (exact) mass is 188 g/mol. The zero-order valence-electron chi connectivity index (χ0n) is 8.53. The van der Waals surface area contributed by atoms with Gasteiger partial charge in [0.05, 0.1) is 6.10 Å². The highest BCUT2D eigenvalue weighted by Crippen LogP contribution is 2.06. The van der Waals surface area contributed by atoms with Crippen molar-refractivity contribution in [3.63, 3.8) is 0 Å². The lowest BCUT2D eigenvalue weighted by Crippen LogP contribution is -2.06. The van der Waals surface area contributed by atoms with E-state index in [0.717, 1.165) is 12.8 Å². The highest BCUT2D eigenvalue weighted by atomic mass is 16.3. The molecule has 0 amide bonds. The largest absolute Gasteiger partial charge is 0.392 e. The van der Waals surface area contributed by atoms with Crippen molar-refractivity contribution in [2.24, 2.45) is 0 Å². The van der Waals surface area contributed by atoms with E-state index in [2.05, 4.69) is 24.0 Å². The first-order chi connectivity index (χ1) is 6.83. The molecule has 0 aliphatic heterocycles. The zero-order chi connectivity index (χ0) is 10.2. The van der Waals surface area contributed by atoms with E-state index in [-0.39, 0.29) is 6.10 Å². The molecule has 0 fully saturated rings. The second-order valence-corrected chi connectivity index (χ2v) is 3.31. The second-order valence-electron chi connectivity index (χ2n) is 3.31. The first-order valence-corrected chi connectivity index (χ1v) is 4.94. The first kappa shape index (κ1) is 10.8. The molecule has 14 heavy (non-hydrogen) atoms. The zero-order valence-corrected chi connectivity index (χ0v) is 8.53. The molecule has 0 aliphatic carbocycles. The number of aliphatic hydroxyl groups is 1. The van der Waals surface area contributed by atoms with Crippen LogP contribution in [0.4, 0.5) is 0 Å². The highest BCUT2D eigenvalue weighted by molar-refractivity contribution is 5.14. The molecule has 0 bridgehead atoms.